The second-order valence-corrected chi connectivity index (χ2v) is 5.09. The largest absolute Gasteiger partial charge is 0.491 e. The van der Waals surface area contributed by atoms with Gasteiger partial charge in [-0.3, -0.25) is 0 Å². The van der Waals surface area contributed by atoms with Crippen molar-refractivity contribution in [2.75, 3.05) is 26.4 Å². The highest BCUT2D eigenvalue weighted by atomic mass is 16.6. The maximum atomic E-state index is 11.1. The van der Waals surface area contributed by atoms with Gasteiger partial charge in [-0.2, -0.15) is 0 Å². The molecule has 0 saturated carbocycles. The maximum absolute atomic E-state index is 11.1. The van der Waals surface area contributed by atoms with Crippen LogP contribution < -0.4 is 4.74 Å². The molecule has 5 heteroatoms. The van der Waals surface area contributed by atoms with E-state index in [1.807, 2.05) is 56.3 Å². The molecule has 2 aromatic carbocycles. The minimum Gasteiger partial charge on any atom is -0.491 e. The van der Waals surface area contributed by atoms with E-state index < -0.39 is 6.10 Å². The lowest BCUT2D eigenvalue weighted by atomic mass is 10.0. The minimum atomic E-state index is -0.659. The average molecular weight is 360 g/mol. The maximum Gasteiger partial charge on any atom is 0.332 e. The molecule has 0 bridgehead atoms. The van der Waals surface area contributed by atoms with Crippen LogP contribution in [0.1, 0.15) is 38.0 Å². The highest BCUT2D eigenvalue weighted by molar-refractivity contribution is 5.70. The van der Waals surface area contributed by atoms with Gasteiger partial charge in [0.1, 0.15) is 25.1 Å². The summed E-state index contributed by atoms with van der Waals surface area (Å²) in [6.07, 6.45) is -0.659. The number of benzene rings is 2. The van der Waals surface area contributed by atoms with Crippen molar-refractivity contribution in [1.82, 2.24) is 0 Å². The van der Waals surface area contributed by atoms with Crippen molar-refractivity contribution in [2.45, 2.75) is 26.9 Å². The number of rotatable bonds is 9. The zero-order valence-corrected chi connectivity index (χ0v) is 15.7. The second kappa shape index (κ2) is 12.9. The molecular formula is C21H28O5. The van der Waals surface area contributed by atoms with Gasteiger partial charge in [-0.1, -0.05) is 56.3 Å². The summed E-state index contributed by atoms with van der Waals surface area (Å²) in [5, 5.41) is 10.3. The standard InChI is InChI=1S/C19H22O5.C2H6/c1-2-23-18(20)14-22-12-13-24-17-10-8-16(9-11-17)19(21)15-6-4-3-5-7-15;1-2/h3-11,19,21H,2,12-14H2,1H3;1-2H3. The Kier molecular flexibility index (Phi) is 10.8. The van der Waals surface area contributed by atoms with Gasteiger partial charge in [0, 0.05) is 0 Å². The third-order valence-electron chi connectivity index (χ3n) is 3.33. The Morgan fingerprint density at radius 1 is 0.962 bits per heavy atom. The fourth-order valence-electron chi connectivity index (χ4n) is 2.15. The third-order valence-corrected chi connectivity index (χ3v) is 3.33. The fourth-order valence-corrected chi connectivity index (χ4v) is 2.15. The lowest BCUT2D eigenvalue weighted by Crippen LogP contribution is -2.15. The molecule has 0 heterocycles. The predicted molar refractivity (Wildman–Crippen MR) is 101 cm³/mol. The van der Waals surface area contributed by atoms with Crippen LogP contribution in [0.3, 0.4) is 0 Å². The molecular weight excluding hydrogens is 332 g/mol. The molecule has 1 atom stereocenters. The number of hydrogen-bond acceptors (Lipinski definition) is 5. The van der Waals surface area contributed by atoms with Gasteiger partial charge >= 0.3 is 5.97 Å². The molecule has 0 fully saturated rings. The van der Waals surface area contributed by atoms with Gasteiger partial charge in [0.15, 0.2) is 0 Å². The van der Waals surface area contributed by atoms with Gasteiger partial charge in [0.05, 0.1) is 13.2 Å². The van der Waals surface area contributed by atoms with E-state index in [-0.39, 0.29) is 12.6 Å². The molecule has 2 rings (SSSR count). The highest BCUT2D eigenvalue weighted by Crippen LogP contribution is 2.23. The number of carbonyl (C=O) groups is 1. The molecule has 0 aromatic heterocycles. The first-order chi connectivity index (χ1) is 12.7. The number of carbonyl (C=O) groups excluding carboxylic acids is 1. The monoisotopic (exact) mass is 360 g/mol. The van der Waals surface area contributed by atoms with E-state index in [1.165, 1.54) is 0 Å². The summed E-state index contributed by atoms with van der Waals surface area (Å²) >= 11 is 0. The van der Waals surface area contributed by atoms with Crippen molar-refractivity contribution in [3.63, 3.8) is 0 Å². The van der Waals surface area contributed by atoms with Crippen molar-refractivity contribution >= 4 is 5.97 Å². The van der Waals surface area contributed by atoms with E-state index in [0.29, 0.717) is 25.6 Å². The van der Waals surface area contributed by atoms with E-state index >= 15 is 0 Å². The SMILES string of the molecule is CC.CCOC(=O)COCCOc1ccc(C(O)c2ccccc2)cc1. The zero-order valence-electron chi connectivity index (χ0n) is 15.7. The Bertz CT molecular complexity index is 610. The van der Waals surface area contributed by atoms with Crippen LogP contribution in [0.15, 0.2) is 54.6 Å². The van der Waals surface area contributed by atoms with Crippen molar-refractivity contribution in [2.24, 2.45) is 0 Å². The second-order valence-electron chi connectivity index (χ2n) is 5.09. The van der Waals surface area contributed by atoms with Crippen LogP contribution in [0, 0.1) is 0 Å². The van der Waals surface area contributed by atoms with Crippen molar-refractivity contribution in [3.8, 4) is 5.75 Å². The number of aliphatic hydroxyl groups is 1. The van der Waals surface area contributed by atoms with E-state index in [2.05, 4.69) is 0 Å². The first kappa shape index (κ1) is 21.7. The molecule has 0 radical (unpaired) electrons. The quantitative estimate of drug-likeness (QED) is 0.545. The van der Waals surface area contributed by atoms with Crippen LogP contribution in [-0.4, -0.2) is 37.5 Å². The molecule has 0 aliphatic carbocycles. The van der Waals surface area contributed by atoms with Gasteiger partial charge in [-0.25, -0.2) is 4.79 Å². The van der Waals surface area contributed by atoms with Gasteiger partial charge in [-0.05, 0) is 30.2 Å². The molecule has 1 unspecified atom stereocenters. The Hall–Kier alpha value is -2.37. The first-order valence-electron chi connectivity index (χ1n) is 8.90. The summed E-state index contributed by atoms with van der Waals surface area (Å²) in [4.78, 5) is 11.1. The summed E-state index contributed by atoms with van der Waals surface area (Å²) < 4.78 is 15.4. The van der Waals surface area contributed by atoms with E-state index in [9.17, 15) is 9.90 Å². The molecule has 0 amide bonds. The van der Waals surface area contributed by atoms with Gasteiger partial charge < -0.3 is 19.3 Å². The number of hydrogen-bond donors (Lipinski definition) is 1. The van der Waals surface area contributed by atoms with Crippen LogP contribution in [0.2, 0.25) is 0 Å². The lowest BCUT2D eigenvalue weighted by Gasteiger charge is -2.12. The first-order valence-corrected chi connectivity index (χ1v) is 8.90. The van der Waals surface area contributed by atoms with Crippen LogP contribution in [-0.2, 0) is 14.3 Å². The number of esters is 1. The average Bonchev–Trinajstić information content (AvgIpc) is 2.70. The summed E-state index contributed by atoms with van der Waals surface area (Å²) in [5.41, 5.74) is 1.64. The normalized spacial score (nSPS) is 11.1. The zero-order chi connectivity index (χ0) is 19.2. The Balaban J connectivity index is 0.00000163. The summed E-state index contributed by atoms with van der Waals surface area (Å²) in [6.45, 7) is 6.66. The predicted octanol–water partition coefficient (Wildman–Crippen LogP) is 3.75. The van der Waals surface area contributed by atoms with Crippen LogP contribution in [0.25, 0.3) is 0 Å². The molecule has 142 valence electrons. The molecule has 0 aliphatic rings. The lowest BCUT2D eigenvalue weighted by molar-refractivity contribution is -0.148. The molecule has 0 spiro atoms. The number of ether oxygens (including phenoxy) is 3. The van der Waals surface area contributed by atoms with Crippen molar-refractivity contribution in [3.05, 3.63) is 65.7 Å². The van der Waals surface area contributed by atoms with Crippen molar-refractivity contribution in [1.29, 1.82) is 0 Å². The smallest absolute Gasteiger partial charge is 0.332 e. The Morgan fingerprint density at radius 3 is 2.19 bits per heavy atom. The van der Waals surface area contributed by atoms with E-state index in [0.717, 1.165) is 11.1 Å². The number of aliphatic hydroxyl groups excluding tert-OH is 1. The molecule has 0 saturated heterocycles. The molecule has 2 aromatic rings. The molecule has 1 N–H and O–H groups in total. The van der Waals surface area contributed by atoms with Crippen LogP contribution >= 0.6 is 0 Å². The minimum absolute atomic E-state index is 0.0700. The molecule has 0 aliphatic heterocycles. The third kappa shape index (κ3) is 7.68. The molecule has 5 nitrogen and oxygen atoms in total. The van der Waals surface area contributed by atoms with Crippen LogP contribution in [0.4, 0.5) is 0 Å². The molecule has 26 heavy (non-hydrogen) atoms. The summed E-state index contributed by atoms with van der Waals surface area (Å²) in [7, 11) is 0. The Morgan fingerprint density at radius 2 is 1.58 bits per heavy atom. The fraction of sp³-hybridized carbons (Fsp3) is 0.381. The highest BCUT2D eigenvalue weighted by Gasteiger charge is 2.09. The van der Waals surface area contributed by atoms with Gasteiger partial charge in [0.2, 0.25) is 0 Å². The van der Waals surface area contributed by atoms with Gasteiger partial charge in [0.25, 0.3) is 0 Å². The van der Waals surface area contributed by atoms with Crippen molar-refractivity contribution < 1.29 is 24.1 Å². The Labute approximate surface area is 155 Å². The topological polar surface area (TPSA) is 65.0 Å². The summed E-state index contributed by atoms with van der Waals surface area (Å²) in [5.74, 6) is 0.301. The van der Waals surface area contributed by atoms with Gasteiger partial charge in [-0.15, -0.1) is 0 Å². The van der Waals surface area contributed by atoms with E-state index in [1.54, 1.807) is 19.1 Å². The van der Waals surface area contributed by atoms with Crippen LogP contribution in [0.5, 0.6) is 5.75 Å². The van der Waals surface area contributed by atoms with E-state index in [4.69, 9.17) is 14.2 Å². The summed E-state index contributed by atoms with van der Waals surface area (Å²) in [6, 6.07) is 16.7.